The Bertz CT molecular complexity index is 385. The van der Waals surface area contributed by atoms with Crippen molar-refractivity contribution in [3.63, 3.8) is 0 Å². The van der Waals surface area contributed by atoms with Gasteiger partial charge in [0, 0.05) is 0 Å². The van der Waals surface area contributed by atoms with Crippen molar-refractivity contribution in [3.05, 3.63) is 47.5 Å². The summed E-state index contributed by atoms with van der Waals surface area (Å²) in [5.74, 6) is 0. The summed E-state index contributed by atoms with van der Waals surface area (Å²) >= 11 is 4.73. The highest BCUT2D eigenvalue weighted by molar-refractivity contribution is 7.80. The van der Waals surface area contributed by atoms with Gasteiger partial charge in [-0.25, -0.2) is 0 Å². The van der Waals surface area contributed by atoms with Gasteiger partial charge in [-0.05, 0) is 29.8 Å². The molecule has 1 radical (unpaired) electrons. The zero-order chi connectivity index (χ0) is 9.97. The fraction of sp³-hybridized carbons (Fsp3) is 0.182. The fourth-order valence-electron chi connectivity index (χ4n) is 1.73. The maximum absolute atomic E-state index is 7.24. The lowest BCUT2D eigenvalue weighted by Gasteiger charge is -2.21. The third-order valence-corrected chi connectivity index (χ3v) is 2.46. The van der Waals surface area contributed by atoms with Gasteiger partial charge in [0.2, 0.25) is 0 Å². The van der Waals surface area contributed by atoms with E-state index in [1.54, 1.807) is 0 Å². The Hall–Kier alpha value is -1.35. The van der Waals surface area contributed by atoms with E-state index in [1.165, 1.54) is 11.1 Å². The molecule has 1 atom stereocenters. The Morgan fingerprint density at radius 2 is 2.21 bits per heavy atom. The topological polar surface area (TPSA) is 35.8 Å². The average molecular weight is 203 g/mol. The third-order valence-electron chi connectivity index (χ3n) is 2.34. The maximum atomic E-state index is 7.24. The molecule has 1 unspecified atom stereocenters. The Kier molecular flexibility index (Phi) is 2.50. The normalized spacial score (nSPS) is 18.7. The predicted octanol–water partition coefficient (Wildman–Crippen LogP) is 2.00. The van der Waals surface area contributed by atoms with Crippen molar-refractivity contribution in [3.8, 4) is 0 Å². The lowest BCUT2D eigenvalue weighted by Crippen LogP contribution is -2.28. The molecule has 0 amide bonds. The molecule has 1 aromatic rings. The number of allylic oxidation sites excluding steroid dienone is 1. The average Bonchev–Trinajstić information content (AvgIpc) is 2.18. The monoisotopic (exact) mass is 203 g/mol. The minimum atomic E-state index is 0.0740. The molecule has 3 heteroatoms. The van der Waals surface area contributed by atoms with Gasteiger partial charge in [-0.2, -0.15) is 0 Å². The van der Waals surface area contributed by atoms with Gasteiger partial charge in [0.15, 0.2) is 5.11 Å². The van der Waals surface area contributed by atoms with Gasteiger partial charge in [-0.15, -0.1) is 0 Å². The highest BCUT2D eigenvalue weighted by Gasteiger charge is 2.14. The van der Waals surface area contributed by atoms with Crippen LogP contribution in [-0.4, -0.2) is 5.11 Å². The van der Waals surface area contributed by atoms with Crippen LogP contribution < -0.4 is 11.1 Å². The van der Waals surface area contributed by atoms with Crippen molar-refractivity contribution >= 4 is 17.3 Å². The van der Waals surface area contributed by atoms with E-state index in [4.69, 9.17) is 18.0 Å². The van der Waals surface area contributed by atoms with E-state index in [2.05, 4.69) is 29.6 Å². The SMILES string of the molecule is [NH]C(=S)NC1C=CCc2ccccc21. The molecular weight excluding hydrogens is 192 g/mol. The van der Waals surface area contributed by atoms with E-state index >= 15 is 0 Å². The molecule has 2 rings (SSSR count). The van der Waals surface area contributed by atoms with Crippen molar-refractivity contribution < 1.29 is 0 Å². The first kappa shape index (κ1) is 9.21. The van der Waals surface area contributed by atoms with Gasteiger partial charge >= 0.3 is 0 Å². The van der Waals surface area contributed by atoms with E-state index in [0.29, 0.717) is 0 Å². The van der Waals surface area contributed by atoms with Crippen LogP contribution in [0.15, 0.2) is 36.4 Å². The van der Waals surface area contributed by atoms with Gasteiger partial charge in [-0.1, -0.05) is 36.4 Å². The van der Waals surface area contributed by atoms with Crippen LogP contribution in [0.25, 0.3) is 0 Å². The summed E-state index contributed by atoms with van der Waals surface area (Å²) in [6.07, 6.45) is 5.14. The standard InChI is InChI=1S/C11H11N2S/c12-11(14)13-10-7-3-5-8-4-1-2-6-9(8)10/h1-4,6-7,10,12H,5H2,(H,13,14). The quantitative estimate of drug-likeness (QED) is 0.559. The Balaban J connectivity index is 2.31. The molecule has 0 aromatic heterocycles. The summed E-state index contributed by atoms with van der Waals surface area (Å²) < 4.78 is 0. The second-order valence-corrected chi connectivity index (χ2v) is 3.69. The van der Waals surface area contributed by atoms with E-state index in [-0.39, 0.29) is 11.2 Å². The number of thiocarbonyl (C=S) groups is 1. The molecule has 2 N–H and O–H groups in total. The van der Waals surface area contributed by atoms with Crippen LogP contribution in [0.4, 0.5) is 0 Å². The van der Waals surface area contributed by atoms with Gasteiger partial charge in [0.25, 0.3) is 0 Å². The third kappa shape index (κ3) is 1.77. The Morgan fingerprint density at radius 3 is 3.00 bits per heavy atom. The molecule has 0 fully saturated rings. The molecule has 71 valence electrons. The molecule has 2 nitrogen and oxygen atoms in total. The first-order chi connectivity index (χ1) is 6.77. The van der Waals surface area contributed by atoms with Crippen molar-refractivity contribution in [1.29, 1.82) is 0 Å². The zero-order valence-electron chi connectivity index (χ0n) is 7.66. The lowest BCUT2D eigenvalue weighted by molar-refractivity contribution is 0.765. The number of fused-ring (bicyclic) bond motifs is 1. The van der Waals surface area contributed by atoms with Crippen molar-refractivity contribution in [2.45, 2.75) is 12.5 Å². The molecule has 1 aromatic carbocycles. The molecule has 0 spiro atoms. The zero-order valence-corrected chi connectivity index (χ0v) is 8.47. The summed E-state index contributed by atoms with van der Waals surface area (Å²) in [6, 6.07) is 8.31. The highest BCUT2D eigenvalue weighted by atomic mass is 32.1. The smallest absolute Gasteiger partial charge is 0.185 e. The number of nitrogens with one attached hydrogen (secondary N) is 2. The van der Waals surface area contributed by atoms with E-state index in [9.17, 15) is 0 Å². The molecule has 0 bridgehead atoms. The minimum Gasteiger partial charge on any atom is -0.351 e. The molecular formula is C11H11N2S. The van der Waals surface area contributed by atoms with Crippen LogP contribution in [0.5, 0.6) is 0 Å². The molecule has 0 aliphatic heterocycles. The van der Waals surface area contributed by atoms with Crippen LogP contribution >= 0.6 is 12.2 Å². The van der Waals surface area contributed by atoms with E-state index in [1.807, 2.05) is 12.1 Å². The number of benzene rings is 1. The first-order valence-electron chi connectivity index (χ1n) is 4.54. The summed E-state index contributed by atoms with van der Waals surface area (Å²) in [4.78, 5) is 0. The first-order valence-corrected chi connectivity index (χ1v) is 4.95. The van der Waals surface area contributed by atoms with Crippen LogP contribution in [0.3, 0.4) is 0 Å². The lowest BCUT2D eigenvalue weighted by atomic mass is 9.93. The Morgan fingerprint density at radius 1 is 1.43 bits per heavy atom. The molecule has 0 heterocycles. The fourth-order valence-corrected chi connectivity index (χ4v) is 1.85. The van der Waals surface area contributed by atoms with Gasteiger partial charge in [0.1, 0.15) is 0 Å². The molecule has 0 saturated carbocycles. The van der Waals surface area contributed by atoms with Crippen molar-refractivity contribution in [2.75, 3.05) is 0 Å². The summed E-state index contributed by atoms with van der Waals surface area (Å²) in [5, 5.41) is 3.04. The number of rotatable bonds is 1. The molecule has 1 aliphatic rings. The van der Waals surface area contributed by atoms with Crippen LogP contribution in [0.2, 0.25) is 0 Å². The van der Waals surface area contributed by atoms with Gasteiger partial charge in [-0.3, -0.25) is 5.73 Å². The maximum Gasteiger partial charge on any atom is 0.185 e. The second-order valence-electron chi connectivity index (χ2n) is 3.28. The molecule has 0 saturated heterocycles. The highest BCUT2D eigenvalue weighted by Crippen LogP contribution is 2.24. The van der Waals surface area contributed by atoms with Crippen molar-refractivity contribution in [2.24, 2.45) is 0 Å². The minimum absolute atomic E-state index is 0.0740. The van der Waals surface area contributed by atoms with E-state index in [0.717, 1.165) is 6.42 Å². The van der Waals surface area contributed by atoms with Crippen LogP contribution in [0.1, 0.15) is 17.2 Å². The Labute approximate surface area is 88.8 Å². The van der Waals surface area contributed by atoms with Gasteiger partial charge in [0.05, 0.1) is 6.04 Å². The number of hydrogen-bond acceptors (Lipinski definition) is 1. The van der Waals surface area contributed by atoms with Gasteiger partial charge < -0.3 is 5.32 Å². The number of hydrogen-bond donors (Lipinski definition) is 1. The summed E-state index contributed by atoms with van der Waals surface area (Å²) in [6.45, 7) is 0. The second kappa shape index (κ2) is 3.80. The molecule has 14 heavy (non-hydrogen) atoms. The summed E-state index contributed by atoms with van der Waals surface area (Å²) in [5.41, 5.74) is 9.78. The van der Waals surface area contributed by atoms with Crippen LogP contribution in [-0.2, 0) is 6.42 Å². The van der Waals surface area contributed by atoms with E-state index < -0.39 is 0 Å². The van der Waals surface area contributed by atoms with Crippen molar-refractivity contribution in [1.82, 2.24) is 11.1 Å². The van der Waals surface area contributed by atoms with Crippen LogP contribution in [0, 0.1) is 0 Å². The predicted molar refractivity (Wildman–Crippen MR) is 60.9 cm³/mol. The summed E-state index contributed by atoms with van der Waals surface area (Å²) in [7, 11) is 0. The largest absolute Gasteiger partial charge is 0.351 e. The molecule has 1 aliphatic carbocycles.